The van der Waals surface area contributed by atoms with Crippen LogP contribution in [0.4, 0.5) is 10.5 Å². The van der Waals surface area contributed by atoms with Crippen LogP contribution in [0.5, 0.6) is 0 Å². The van der Waals surface area contributed by atoms with Crippen molar-refractivity contribution in [1.82, 2.24) is 19.9 Å². The highest BCUT2D eigenvalue weighted by Gasteiger charge is 2.33. The summed E-state index contributed by atoms with van der Waals surface area (Å²) in [4.78, 5) is 34.5. The van der Waals surface area contributed by atoms with Crippen LogP contribution in [0.2, 0.25) is 0 Å². The van der Waals surface area contributed by atoms with Crippen molar-refractivity contribution in [3.05, 3.63) is 33.8 Å². The van der Waals surface area contributed by atoms with Gasteiger partial charge in [0.1, 0.15) is 16.6 Å². The Balaban J connectivity index is 1.88. The molecular weight excluding hydrogens is 322 g/mol. The van der Waals surface area contributed by atoms with Crippen LogP contribution in [0.25, 0.3) is 15.9 Å². The van der Waals surface area contributed by atoms with Gasteiger partial charge in [-0.1, -0.05) is 0 Å². The van der Waals surface area contributed by atoms with Gasteiger partial charge in [-0.25, -0.2) is 14.6 Å². The van der Waals surface area contributed by atoms with E-state index in [-0.39, 0.29) is 11.5 Å². The second kappa shape index (κ2) is 6.24. The van der Waals surface area contributed by atoms with Crippen molar-refractivity contribution in [3.8, 4) is 0 Å². The molecule has 25 heavy (non-hydrogen) atoms. The fraction of sp³-hybridized carbons (Fsp3) is 0.529. The van der Waals surface area contributed by atoms with Crippen LogP contribution in [-0.4, -0.2) is 32.8 Å². The van der Waals surface area contributed by atoms with Crippen LogP contribution in [0.1, 0.15) is 45.2 Å². The summed E-state index contributed by atoms with van der Waals surface area (Å²) in [5.41, 5.74) is 1.27. The zero-order chi connectivity index (χ0) is 18.2. The van der Waals surface area contributed by atoms with Gasteiger partial charge in [-0.15, -0.1) is 0 Å². The summed E-state index contributed by atoms with van der Waals surface area (Å²) < 4.78 is 7.04. The minimum atomic E-state index is -0.568. The number of amides is 1. The molecule has 0 aliphatic heterocycles. The van der Waals surface area contributed by atoms with Crippen LogP contribution in [0, 0.1) is 6.57 Å². The first kappa shape index (κ1) is 17.0. The third-order valence-electron chi connectivity index (χ3n) is 3.94. The number of nitrogens with zero attached hydrogens (tertiary/aromatic N) is 3. The summed E-state index contributed by atoms with van der Waals surface area (Å²) in [6, 6.07) is 0. The van der Waals surface area contributed by atoms with Crippen molar-refractivity contribution in [3.63, 3.8) is 0 Å². The number of ether oxygens (including phenoxy) is 1. The Hall–Kier alpha value is -2.82. The third kappa shape index (κ3) is 3.50. The van der Waals surface area contributed by atoms with E-state index in [2.05, 4.69) is 20.1 Å². The molecule has 0 bridgehead atoms. The van der Waals surface area contributed by atoms with Gasteiger partial charge in [0.05, 0.1) is 12.9 Å². The van der Waals surface area contributed by atoms with Gasteiger partial charge in [0.25, 0.3) is 5.56 Å². The molecule has 8 nitrogen and oxygen atoms in total. The molecule has 0 radical (unpaired) electrons. The van der Waals surface area contributed by atoms with Crippen LogP contribution >= 0.6 is 0 Å². The summed E-state index contributed by atoms with van der Waals surface area (Å²) in [6.45, 7) is 13.5. The van der Waals surface area contributed by atoms with Crippen molar-refractivity contribution < 1.29 is 9.53 Å². The van der Waals surface area contributed by atoms with Gasteiger partial charge in [0.15, 0.2) is 0 Å². The third-order valence-corrected chi connectivity index (χ3v) is 3.94. The average molecular weight is 343 g/mol. The molecule has 2 aromatic rings. The predicted octanol–water partition coefficient (Wildman–Crippen LogP) is 2.68. The van der Waals surface area contributed by atoms with E-state index in [0.717, 1.165) is 18.5 Å². The standard InChI is InChI=1S/C17H21N5O3/c1-17(2,3)25-16(24)19-7-8-22-13(10-5-6-10)11(18-4)12-14(22)15(23)21-9-20-12/h9-10H,5-8H2,1-3H3,(H,19,24)(H,20,21,23). The van der Waals surface area contributed by atoms with Crippen molar-refractivity contribution >= 4 is 22.8 Å². The molecule has 2 N–H and O–H groups in total. The smallest absolute Gasteiger partial charge is 0.407 e. The summed E-state index contributed by atoms with van der Waals surface area (Å²) in [7, 11) is 0. The van der Waals surface area contributed by atoms with Crippen molar-refractivity contribution in [1.29, 1.82) is 0 Å². The number of fused-ring (bicyclic) bond motifs is 1. The van der Waals surface area contributed by atoms with Crippen molar-refractivity contribution in [2.75, 3.05) is 6.54 Å². The second-order valence-corrected chi connectivity index (χ2v) is 7.13. The molecule has 2 heterocycles. The van der Waals surface area contributed by atoms with Gasteiger partial charge >= 0.3 is 6.09 Å². The molecule has 2 aromatic heterocycles. The Labute approximate surface area is 145 Å². The summed E-state index contributed by atoms with van der Waals surface area (Å²) in [6.07, 6.45) is 2.81. The Bertz CT molecular complexity index is 909. The molecule has 0 aromatic carbocycles. The van der Waals surface area contributed by atoms with E-state index in [4.69, 9.17) is 11.3 Å². The zero-order valence-electron chi connectivity index (χ0n) is 14.5. The largest absolute Gasteiger partial charge is 0.444 e. The highest BCUT2D eigenvalue weighted by Crippen LogP contribution is 2.47. The van der Waals surface area contributed by atoms with E-state index in [1.54, 1.807) is 20.8 Å². The van der Waals surface area contributed by atoms with Gasteiger partial charge in [-0.05, 0) is 39.5 Å². The molecule has 1 aliphatic rings. The first-order valence-electron chi connectivity index (χ1n) is 8.26. The number of aromatic amines is 1. The van der Waals surface area contributed by atoms with E-state index in [1.165, 1.54) is 6.33 Å². The number of hydrogen-bond donors (Lipinski definition) is 2. The maximum atomic E-state index is 12.3. The Morgan fingerprint density at radius 3 is 2.84 bits per heavy atom. The lowest BCUT2D eigenvalue weighted by molar-refractivity contribution is 0.0526. The molecule has 132 valence electrons. The summed E-state index contributed by atoms with van der Waals surface area (Å²) in [5.74, 6) is 0.277. The molecule has 0 saturated heterocycles. The highest BCUT2D eigenvalue weighted by atomic mass is 16.6. The number of H-pyrrole nitrogens is 1. The summed E-state index contributed by atoms with van der Waals surface area (Å²) >= 11 is 0. The maximum absolute atomic E-state index is 12.3. The van der Waals surface area contributed by atoms with Crippen LogP contribution in [0.15, 0.2) is 11.1 Å². The Morgan fingerprint density at radius 2 is 2.24 bits per heavy atom. The van der Waals surface area contributed by atoms with Gasteiger partial charge < -0.3 is 19.6 Å². The lowest BCUT2D eigenvalue weighted by Crippen LogP contribution is -2.34. The maximum Gasteiger partial charge on any atom is 0.407 e. The predicted molar refractivity (Wildman–Crippen MR) is 92.8 cm³/mol. The summed E-state index contributed by atoms with van der Waals surface area (Å²) in [5, 5.41) is 2.69. The molecular formula is C17H21N5O3. The van der Waals surface area contributed by atoms with Gasteiger partial charge in [0.2, 0.25) is 5.69 Å². The molecule has 8 heteroatoms. The molecule has 1 fully saturated rings. The van der Waals surface area contributed by atoms with Gasteiger partial charge in [-0.3, -0.25) is 4.79 Å². The minimum Gasteiger partial charge on any atom is -0.444 e. The molecule has 0 unspecified atom stereocenters. The molecule has 0 atom stereocenters. The molecule has 1 amide bonds. The first-order valence-corrected chi connectivity index (χ1v) is 8.26. The lowest BCUT2D eigenvalue weighted by Gasteiger charge is -2.20. The quantitative estimate of drug-likeness (QED) is 0.835. The number of hydrogen-bond acceptors (Lipinski definition) is 4. The van der Waals surface area contributed by atoms with Gasteiger partial charge in [-0.2, -0.15) is 0 Å². The Kier molecular flexibility index (Phi) is 4.25. The average Bonchev–Trinajstić information content (AvgIpc) is 3.29. The molecule has 0 spiro atoms. The second-order valence-electron chi connectivity index (χ2n) is 7.13. The molecule has 1 saturated carbocycles. The van der Waals surface area contributed by atoms with Crippen molar-refractivity contribution in [2.24, 2.45) is 0 Å². The van der Waals surface area contributed by atoms with Crippen LogP contribution < -0.4 is 10.9 Å². The van der Waals surface area contributed by atoms with E-state index in [0.29, 0.717) is 29.8 Å². The van der Waals surface area contributed by atoms with E-state index in [1.807, 2.05) is 4.57 Å². The number of alkyl carbamates (subject to hydrolysis) is 1. The van der Waals surface area contributed by atoms with E-state index >= 15 is 0 Å². The fourth-order valence-corrected chi connectivity index (χ4v) is 2.88. The van der Waals surface area contributed by atoms with Gasteiger partial charge in [0, 0.05) is 18.8 Å². The van der Waals surface area contributed by atoms with Crippen molar-refractivity contribution in [2.45, 2.75) is 51.7 Å². The zero-order valence-corrected chi connectivity index (χ0v) is 14.5. The number of rotatable bonds is 4. The van der Waals surface area contributed by atoms with E-state index < -0.39 is 11.7 Å². The molecule has 3 rings (SSSR count). The monoisotopic (exact) mass is 343 g/mol. The van der Waals surface area contributed by atoms with Crippen LogP contribution in [0.3, 0.4) is 0 Å². The number of aromatic nitrogens is 3. The highest BCUT2D eigenvalue weighted by molar-refractivity contribution is 5.92. The number of nitrogens with one attached hydrogen (secondary N) is 2. The minimum absolute atomic E-state index is 0.277. The number of carbonyl (C=O) groups is 1. The first-order chi connectivity index (χ1) is 11.8. The normalized spacial score (nSPS) is 14.3. The fourth-order valence-electron chi connectivity index (χ4n) is 2.88. The number of carbonyl (C=O) groups excluding carboxylic acids is 1. The SMILES string of the molecule is [C-]#[N+]c1c(C2CC2)n(CCNC(=O)OC(C)(C)C)c2c(=O)[nH]cnc12. The Morgan fingerprint density at radius 1 is 1.52 bits per heavy atom. The van der Waals surface area contributed by atoms with E-state index in [9.17, 15) is 9.59 Å². The topological polar surface area (TPSA) is 93.4 Å². The van der Waals surface area contributed by atoms with Crippen LogP contribution in [-0.2, 0) is 11.3 Å². The lowest BCUT2D eigenvalue weighted by atomic mass is 10.2. The molecule has 1 aliphatic carbocycles.